The first-order chi connectivity index (χ1) is 5.74. The van der Waals surface area contributed by atoms with Crippen molar-refractivity contribution in [2.75, 3.05) is 0 Å². The van der Waals surface area contributed by atoms with E-state index >= 15 is 0 Å². The lowest BCUT2D eigenvalue weighted by molar-refractivity contribution is 0.590. The molecule has 0 atom stereocenters. The second kappa shape index (κ2) is 4.52. The third-order valence-electron chi connectivity index (χ3n) is 1.64. The molecule has 68 valence electrons. The molecule has 1 N–H and O–H groups in total. The Morgan fingerprint density at radius 1 is 1.50 bits per heavy atom. The van der Waals surface area contributed by atoms with Gasteiger partial charge in [0.2, 0.25) is 0 Å². The monoisotopic (exact) mass is 185 g/mol. The van der Waals surface area contributed by atoms with Crippen molar-refractivity contribution in [2.45, 2.75) is 39.8 Å². The van der Waals surface area contributed by atoms with Gasteiger partial charge in [0.1, 0.15) is 0 Å². The minimum Gasteiger partial charge on any atom is -0.310 e. The van der Waals surface area contributed by atoms with Crippen molar-refractivity contribution in [2.24, 2.45) is 0 Å². The van der Waals surface area contributed by atoms with Gasteiger partial charge in [-0.2, -0.15) is 0 Å². The summed E-state index contributed by atoms with van der Waals surface area (Å²) < 4.78 is 3.92. The van der Waals surface area contributed by atoms with Crippen molar-refractivity contribution >= 4 is 11.5 Å². The third kappa shape index (κ3) is 2.53. The van der Waals surface area contributed by atoms with Crippen LogP contribution in [-0.4, -0.2) is 15.6 Å². The van der Waals surface area contributed by atoms with Crippen molar-refractivity contribution in [1.82, 2.24) is 14.9 Å². The number of hydrogen-bond acceptors (Lipinski definition) is 4. The molecule has 0 amide bonds. The van der Waals surface area contributed by atoms with Crippen molar-refractivity contribution in [1.29, 1.82) is 0 Å². The van der Waals surface area contributed by atoms with Crippen LogP contribution in [0.3, 0.4) is 0 Å². The summed E-state index contributed by atoms with van der Waals surface area (Å²) in [7, 11) is 0. The van der Waals surface area contributed by atoms with E-state index in [2.05, 4.69) is 35.7 Å². The second-order valence-corrected chi connectivity index (χ2v) is 3.87. The molecule has 1 aromatic heterocycles. The van der Waals surface area contributed by atoms with Crippen LogP contribution in [0, 0.1) is 0 Å². The SMILES string of the molecule is CCc1nnsc1CNC(C)C. The molecule has 1 heterocycles. The molecule has 0 saturated carbocycles. The third-order valence-corrected chi connectivity index (χ3v) is 2.40. The van der Waals surface area contributed by atoms with E-state index in [9.17, 15) is 0 Å². The summed E-state index contributed by atoms with van der Waals surface area (Å²) in [5, 5.41) is 7.39. The predicted octanol–water partition coefficient (Wildman–Crippen LogP) is 1.60. The van der Waals surface area contributed by atoms with Gasteiger partial charge in [-0.05, 0) is 18.0 Å². The number of nitrogens with one attached hydrogen (secondary N) is 1. The van der Waals surface area contributed by atoms with Gasteiger partial charge in [0.25, 0.3) is 0 Å². The van der Waals surface area contributed by atoms with Crippen molar-refractivity contribution in [3.8, 4) is 0 Å². The summed E-state index contributed by atoms with van der Waals surface area (Å²) in [6.45, 7) is 7.29. The molecule has 0 bridgehead atoms. The van der Waals surface area contributed by atoms with E-state index in [-0.39, 0.29) is 0 Å². The maximum Gasteiger partial charge on any atom is 0.0797 e. The highest BCUT2D eigenvalue weighted by molar-refractivity contribution is 7.05. The highest BCUT2D eigenvalue weighted by Crippen LogP contribution is 2.10. The average Bonchev–Trinajstić information content (AvgIpc) is 2.47. The fraction of sp³-hybridized carbons (Fsp3) is 0.750. The summed E-state index contributed by atoms with van der Waals surface area (Å²) in [5.74, 6) is 0. The van der Waals surface area contributed by atoms with Gasteiger partial charge in [0, 0.05) is 12.6 Å². The van der Waals surface area contributed by atoms with Crippen LogP contribution < -0.4 is 5.32 Å². The standard InChI is InChI=1S/C8H15N3S/c1-4-7-8(12-11-10-7)5-9-6(2)3/h6,9H,4-5H2,1-3H3. The lowest BCUT2D eigenvalue weighted by atomic mass is 10.3. The van der Waals surface area contributed by atoms with E-state index in [0.717, 1.165) is 18.7 Å². The van der Waals surface area contributed by atoms with Gasteiger partial charge in [-0.1, -0.05) is 25.3 Å². The van der Waals surface area contributed by atoms with E-state index in [1.165, 1.54) is 16.4 Å². The van der Waals surface area contributed by atoms with Crippen LogP contribution in [0.1, 0.15) is 31.3 Å². The van der Waals surface area contributed by atoms with E-state index in [4.69, 9.17) is 0 Å². The molecule has 3 nitrogen and oxygen atoms in total. The lowest BCUT2D eigenvalue weighted by Gasteiger charge is -2.05. The lowest BCUT2D eigenvalue weighted by Crippen LogP contribution is -2.21. The molecular weight excluding hydrogens is 170 g/mol. The van der Waals surface area contributed by atoms with Crippen LogP contribution in [0.25, 0.3) is 0 Å². The quantitative estimate of drug-likeness (QED) is 0.774. The summed E-state index contributed by atoms with van der Waals surface area (Å²) >= 11 is 1.49. The molecule has 12 heavy (non-hydrogen) atoms. The van der Waals surface area contributed by atoms with Gasteiger partial charge in [-0.15, -0.1) is 5.10 Å². The fourth-order valence-corrected chi connectivity index (χ4v) is 1.60. The number of rotatable bonds is 4. The maximum atomic E-state index is 4.04. The van der Waals surface area contributed by atoms with Gasteiger partial charge >= 0.3 is 0 Å². The highest BCUT2D eigenvalue weighted by atomic mass is 32.1. The first-order valence-electron chi connectivity index (χ1n) is 4.27. The smallest absolute Gasteiger partial charge is 0.0797 e. The molecule has 4 heteroatoms. The minimum atomic E-state index is 0.525. The Kier molecular flexibility index (Phi) is 3.62. The summed E-state index contributed by atoms with van der Waals surface area (Å²) in [6.07, 6.45) is 0.978. The Labute approximate surface area is 77.4 Å². The molecule has 0 aliphatic carbocycles. The Bertz CT molecular complexity index is 232. The molecular formula is C8H15N3S. The van der Waals surface area contributed by atoms with Gasteiger partial charge in [-0.3, -0.25) is 0 Å². The van der Waals surface area contributed by atoms with Gasteiger partial charge in [0.05, 0.1) is 10.6 Å². The first-order valence-corrected chi connectivity index (χ1v) is 5.04. The van der Waals surface area contributed by atoms with E-state index in [1.807, 2.05) is 0 Å². The largest absolute Gasteiger partial charge is 0.310 e. The van der Waals surface area contributed by atoms with Gasteiger partial charge in [0.15, 0.2) is 0 Å². The average molecular weight is 185 g/mol. The molecule has 0 aromatic carbocycles. The molecule has 0 unspecified atom stereocenters. The molecule has 0 aliphatic heterocycles. The molecule has 1 aromatic rings. The summed E-state index contributed by atoms with van der Waals surface area (Å²) in [4.78, 5) is 1.27. The number of nitrogens with zero attached hydrogens (tertiary/aromatic N) is 2. The predicted molar refractivity (Wildman–Crippen MR) is 51.3 cm³/mol. The van der Waals surface area contributed by atoms with Crippen molar-refractivity contribution in [3.63, 3.8) is 0 Å². The molecule has 0 radical (unpaired) electrons. The zero-order valence-corrected chi connectivity index (χ0v) is 8.61. The van der Waals surface area contributed by atoms with Crippen molar-refractivity contribution < 1.29 is 0 Å². The number of aryl methyl sites for hydroxylation is 1. The zero-order chi connectivity index (χ0) is 8.97. The minimum absolute atomic E-state index is 0.525. The first kappa shape index (κ1) is 9.61. The fourth-order valence-electron chi connectivity index (χ4n) is 0.926. The Hall–Kier alpha value is -0.480. The van der Waals surface area contributed by atoms with Crippen molar-refractivity contribution in [3.05, 3.63) is 10.6 Å². The molecule has 0 spiro atoms. The normalized spacial score (nSPS) is 11.0. The summed E-state index contributed by atoms with van der Waals surface area (Å²) in [5.41, 5.74) is 1.13. The highest BCUT2D eigenvalue weighted by Gasteiger charge is 2.05. The van der Waals surface area contributed by atoms with Gasteiger partial charge < -0.3 is 5.32 Å². The molecule has 1 rings (SSSR count). The van der Waals surface area contributed by atoms with Crippen LogP contribution in [0.4, 0.5) is 0 Å². The molecule has 0 saturated heterocycles. The van der Waals surface area contributed by atoms with Crippen LogP contribution >= 0.6 is 11.5 Å². The Morgan fingerprint density at radius 3 is 2.83 bits per heavy atom. The maximum absolute atomic E-state index is 4.04. The summed E-state index contributed by atoms with van der Waals surface area (Å²) in [6, 6.07) is 0.525. The number of hydrogen-bond donors (Lipinski definition) is 1. The Morgan fingerprint density at radius 2 is 2.25 bits per heavy atom. The topological polar surface area (TPSA) is 37.8 Å². The molecule has 0 fully saturated rings. The van der Waals surface area contributed by atoms with Crippen LogP contribution in [0.5, 0.6) is 0 Å². The van der Waals surface area contributed by atoms with Gasteiger partial charge in [-0.25, -0.2) is 0 Å². The van der Waals surface area contributed by atoms with E-state index in [0.29, 0.717) is 6.04 Å². The number of aromatic nitrogens is 2. The van der Waals surface area contributed by atoms with E-state index in [1.54, 1.807) is 0 Å². The van der Waals surface area contributed by atoms with Crippen LogP contribution in [-0.2, 0) is 13.0 Å². The molecule has 0 aliphatic rings. The second-order valence-electron chi connectivity index (χ2n) is 3.03. The van der Waals surface area contributed by atoms with Crippen LogP contribution in [0.2, 0.25) is 0 Å². The van der Waals surface area contributed by atoms with E-state index < -0.39 is 0 Å². The van der Waals surface area contributed by atoms with Crippen LogP contribution in [0.15, 0.2) is 0 Å². The zero-order valence-electron chi connectivity index (χ0n) is 7.79. The Balaban J connectivity index is 2.50.